The van der Waals surface area contributed by atoms with Crippen LogP contribution in [0.15, 0.2) is 54.6 Å². The molecule has 0 unspecified atom stereocenters. The van der Waals surface area contributed by atoms with Gasteiger partial charge in [-0.2, -0.15) is 0 Å². The Balaban J connectivity index is 1.51. The molecule has 3 N–H and O–H groups in total. The van der Waals surface area contributed by atoms with Crippen molar-refractivity contribution in [3.8, 4) is 17.1 Å². The second-order valence-electron chi connectivity index (χ2n) is 8.66. The molecular formula is C26H27N3O2. The van der Waals surface area contributed by atoms with Gasteiger partial charge in [-0.15, -0.1) is 0 Å². The quantitative estimate of drug-likeness (QED) is 0.383. The van der Waals surface area contributed by atoms with Crippen LogP contribution in [0.25, 0.3) is 22.2 Å². The van der Waals surface area contributed by atoms with E-state index in [9.17, 15) is 9.90 Å². The lowest BCUT2D eigenvalue weighted by Crippen LogP contribution is -2.20. The van der Waals surface area contributed by atoms with Gasteiger partial charge in [-0.25, -0.2) is 4.98 Å². The number of aromatic amines is 1. The molecule has 0 saturated heterocycles. The third-order valence-corrected chi connectivity index (χ3v) is 6.33. The zero-order valence-electron chi connectivity index (χ0n) is 17.5. The summed E-state index contributed by atoms with van der Waals surface area (Å²) in [5.41, 5.74) is 3.74. The topological polar surface area (TPSA) is 78.0 Å². The van der Waals surface area contributed by atoms with Gasteiger partial charge in [0.25, 0.3) is 0 Å². The molecule has 0 bridgehead atoms. The van der Waals surface area contributed by atoms with Gasteiger partial charge in [0.05, 0.1) is 17.1 Å². The number of phenols is 1. The highest BCUT2D eigenvalue weighted by Gasteiger charge is 2.21. The number of phenolic OH excluding ortho intramolecular Hbond substituents is 1. The van der Waals surface area contributed by atoms with Crippen LogP contribution in [-0.4, -0.2) is 21.0 Å². The van der Waals surface area contributed by atoms with Crippen molar-refractivity contribution < 1.29 is 9.90 Å². The largest absolute Gasteiger partial charge is 0.508 e. The molecule has 1 aliphatic heterocycles. The highest BCUT2D eigenvalue weighted by Crippen LogP contribution is 2.35. The Hall–Kier alpha value is -3.34. The first-order chi connectivity index (χ1) is 15.2. The zero-order valence-corrected chi connectivity index (χ0v) is 17.5. The van der Waals surface area contributed by atoms with Gasteiger partial charge >= 0.3 is 0 Å². The molecule has 2 aromatic carbocycles. The molecule has 0 aromatic heterocycles. The van der Waals surface area contributed by atoms with Crippen LogP contribution in [0.4, 0.5) is 5.82 Å². The number of nitrogens with zero attached hydrogens (tertiary/aromatic N) is 1. The summed E-state index contributed by atoms with van der Waals surface area (Å²) in [6, 6.07) is 17.5. The lowest BCUT2D eigenvalue weighted by atomic mass is 9.87. The van der Waals surface area contributed by atoms with Crippen molar-refractivity contribution in [1.29, 1.82) is 0 Å². The number of anilines is 1. The van der Waals surface area contributed by atoms with Gasteiger partial charge in [-0.05, 0) is 54.0 Å². The number of nitrogens with one attached hydrogen (secondary N) is 2. The normalized spacial score (nSPS) is 14.8. The first kappa shape index (κ1) is 19.6. The Labute approximate surface area is 181 Å². The number of hydrogen-bond donors (Lipinski definition) is 3. The van der Waals surface area contributed by atoms with Crippen LogP contribution < -0.4 is 5.32 Å². The van der Waals surface area contributed by atoms with E-state index in [0.717, 1.165) is 46.3 Å². The molecule has 31 heavy (non-hydrogen) atoms. The molecule has 1 amide bonds. The SMILES string of the molecule is O=C(CC1CCCCC1)Nc1nc2cc3cc(O)ccc3c-2[nH]c1Cc1ccccc1. The van der Waals surface area contributed by atoms with E-state index in [-0.39, 0.29) is 11.7 Å². The average Bonchev–Trinajstić information content (AvgIpc) is 3.11. The Bertz CT molecular complexity index is 1180. The number of carbonyl (C=O) groups is 1. The standard InChI is InChI=1S/C26H27N3O2/c30-20-11-12-21-19(15-20)16-22-25(21)27-23(13-17-7-3-1-4-8-17)26(28-22)29-24(31)14-18-9-5-2-6-10-18/h1,3-4,7-8,11-12,15-16,18,27,30H,2,5-6,9-10,13-14H2,(H,29,31). The van der Waals surface area contributed by atoms with Crippen molar-refractivity contribution in [2.45, 2.75) is 44.9 Å². The number of hydrogen-bond acceptors (Lipinski definition) is 3. The highest BCUT2D eigenvalue weighted by atomic mass is 16.3. The maximum absolute atomic E-state index is 12.8. The number of benzene rings is 2. The van der Waals surface area contributed by atoms with Crippen LogP contribution in [-0.2, 0) is 11.2 Å². The summed E-state index contributed by atoms with van der Waals surface area (Å²) in [5, 5.41) is 14.9. The highest BCUT2D eigenvalue weighted by molar-refractivity contribution is 6.01. The number of rotatable bonds is 5. The number of H-pyrrole nitrogens is 1. The molecule has 5 rings (SSSR count). The van der Waals surface area contributed by atoms with E-state index in [0.29, 0.717) is 24.6 Å². The number of amides is 1. The minimum absolute atomic E-state index is 0.0372. The molecule has 0 atom stereocenters. The van der Waals surface area contributed by atoms with Crippen LogP contribution in [0.3, 0.4) is 0 Å². The smallest absolute Gasteiger partial charge is 0.225 e. The maximum atomic E-state index is 12.8. The number of aromatic nitrogens is 2. The fourth-order valence-electron chi connectivity index (χ4n) is 4.74. The molecule has 0 spiro atoms. The molecule has 3 aliphatic rings. The first-order valence-electron chi connectivity index (χ1n) is 11.1. The summed E-state index contributed by atoms with van der Waals surface area (Å²) in [5.74, 6) is 1.34. The summed E-state index contributed by atoms with van der Waals surface area (Å²) >= 11 is 0. The minimum Gasteiger partial charge on any atom is -0.508 e. The van der Waals surface area contributed by atoms with Gasteiger partial charge in [0.2, 0.25) is 5.91 Å². The Morgan fingerprint density at radius 2 is 1.87 bits per heavy atom. The van der Waals surface area contributed by atoms with Crippen LogP contribution in [0, 0.1) is 5.92 Å². The van der Waals surface area contributed by atoms with Crippen molar-refractivity contribution in [1.82, 2.24) is 9.97 Å². The van der Waals surface area contributed by atoms with Crippen LogP contribution in [0.2, 0.25) is 0 Å². The molecule has 158 valence electrons. The van der Waals surface area contributed by atoms with Crippen molar-refractivity contribution >= 4 is 22.5 Å². The lowest BCUT2D eigenvalue weighted by molar-refractivity contribution is -0.117. The number of aromatic hydroxyl groups is 1. The van der Waals surface area contributed by atoms with Crippen molar-refractivity contribution in [3.05, 3.63) is 65.9 Å². The summed E-state index contributed by atoms with van der Waals surface area (Å²) in [7, 11) is 0. The molecule has 1 heterocycles. The van der Waals surface area contributed by atoms with E-state index in [1.54, 1.807) is 12.1 Å². The van der Waals surface area contributed by atoms with Crippen LogP contribution >= 0.6 is 0 Å². The van der Waals surface area contributed by atoms with Gasteiger partial charge in [0.1, 0.15) is 5.75 Å². The van der Waals surface area contributed by atoms with Gasteiger partial charge in [0.15, 0.2) is 5.82 Å². The molecule has 5 nitrogen and oxygen atoms in total. The van der Waals surface area contributed by atoms with Gasteiger partial charge in [0, 0.05) is 18.2 Å². The number of fused-ring (bicyclic) bond motifs is 3. The van der Waals surface area contributed by atoms with E-state index in [4.69, 9.17) is 4.98 Å². The van der Waals surface area contributed by atoms with E-state index in [2.05, 4.69) is 22.4 Å². The Morgan fingerprint density at radius 1 is 1.06 bits per heavy atom. The third kappa shape index (κ3) is 4.26. The second kappa shape index (κ2) is 8.42. The maximum Gasteiger partial charge on any atom is 0.225 e. The predicted molar refractivity (Wildman–Crippen MR) is 123 cm³/mol. The fourth-order valence-corrected chi connectivity index (χ4v) is 4.74. The van der Waals surface area contributed by atoms with E-state index in [1.165, 1.54) is 19.3 Å². The molecule has 1 fully saturated rings. The first-order valence-corrected chi connectivity index (χ1v) is 11.1. The molecule has 5 heteroatoms. The number of carbonyl (C=O) groups excluding carboxylic acids is 1. The molecule has 1 saturated carbocycles. The van der Waals surface area contributed by atoms with Crippen molar-refractivity contribution in [3.63, 3.8) is 0 Å². The van der Waals surface area contributed by atoms with Crippen LogP contribution in [0.5, 0.6) is 5.75 Å². The summed E-state index contributed by atoms with van der Waals surface area (Å²) < 4.78 is 0. The molecule has 2 aromatic rings. The second-order valence-corrected chi connectivity index (χ2v) is 8.66. The van der Waals surface area contributed by atoms with Crippen molar-refractivity contribution in [2.24, 2.45) is 5.92 Å². The Kier molecular flexibility index (Phi) is 5.33. The van der Waals surface area contributed by atoms with Gasteiger partial charge < -0.3 is 15.4 Å². The van der Waals surface area contributed by atoms with E-state index in [1.807, 2.05) is 30.3 Å². The lowest BCUT2D eigenvalue weighted by Gasteiger charge is -2.21. The van der Waals surface area contributed by atoms with E-state index < -0.39 is 0 Å². The Morgan fingerprint density at radius 3 is 2.68 bits per heavy atom. The van der Waals surface area contributed by atoms with Gasteiger partial charge in [-0.3, -0.25) is 4.79 Å². The predicted octanol–water partition coefficient (Wildman–Crippen LogP) is 5.87. The summed E-state index contributed by atoms with van der Waals surface area (Å²) in [6.07, 6.45) is 7.22. The van der Waals surface area contributed by atoms with Crippen LogP contribution in [0.1, 0.15) is 49.8 Å². The minimum atomic E-state index is 0.0372. The van der Waals surface area contributed by atoms with Crippen molar-refractivity contribution in [2.75, 3.05) is 5.32 Å². The summed E-state index contributed by atoms with van der Waals surface area (Å²) in [6.45, 7) is 0. The molecule has 0 radical (unpaired) electrons. The summed E-state index contributed by atoms with van der Waals surface area (Å²) in [4.78, 5) is 21.2. The monoisotopic (exact) mass is 413 g/mol. The molecular weight excluding hydrogens is 386 g/mol. The molecule has 2 aliphatic carbocycles. The average molecular weight is 414 g/mol. The fraction of sp³-hybridized carbons (Fsp3) is 0.308. The van der Waals surface area contributed by atoms with E-state index >= 15 is 0 Å². The van der Waals surface area contributed by atoms with Gasteiger partial charge in [-0.1, -0.05) is 49.6 Å². The zero-order chi connectivity index (χ0) is 21.2. The third-order valence-electron chi connectivity index (χ3n) is 6.33.